The molecule has 3 atom stereocenters. The molecule has 1 fully saturated rings. The van der Waals surface area contributed by atoms with E-state index in [0.29, 0.717) is 12.5 Å². The van der Waals surface area contributed by atoms with E-state index in [-0.39, 0.29) is 35.8 Å². The zero-order chi connectivity index (χ0) is 15.2. The highest BCUT2D eigenvalue weighted by molar-refractivity contribution is 14.0. The molecule has 3 unspecified atom stereocenters. The molecule has 0 bridgehead atoms. The van der Waals surface area contributed by atoms with Gasteiger partial charge in [-0.1, -0.05) is 13.3 Å². The Morgan fingerprint density at radius 2 is 2.05 bits per heavy atom. The van der Waals surface area contributed by atoms with Crippen molar-refractivity contribution in [3.8, 4) is 0 Å². The van der Waals surface area contributed by atoms with Crippen LogP contribution in [0.25, 0.3) is 0 Å². The van der Waals surface area contributed by atoms with Crippen molar-refractivity contribution in [3.05, 3.63) is 0 Å². The summed E-state index contributed by atoms with van der Waals surface area (Å²) in [5.41, 5.74) is 0. The van der Waals surface area contributed by atoms with E-state index in [1.807, 2.05) is 13.8 Å². The number of hydrogen-bond acceptors (Lipinski definition) is 3. The summed E-state index contributed by atoms with van der Waals surface area (Å²) in [6.45, 7) is 6.93. The molecule has 0 aromatic heterocycles. The Hall–Kier alpha value is -0.0500. The van der Waals surface area contributed by atoms with Gasteiger partial charge in [0.05, 0.1) is 5.75 Å². The third-order valence-corrected chi connectivity index (χ3v) is 4.50. The van der Waals surface area contributed by atoms with Gasteiger partial charge in [0.2, 0.25) is 0 Å². The lowest BCUT2D eigenvalue weighted by Crippen LogP contribution is -2.44. The Balaban J connectivity index is 0.00000400. The van der Waals surface area contributed by atoms with Crippen LogP contribution < -0.4 is 10.6 Å². The van der Waals surface area contributed by atoms with Crippen LogP contribution in [0.15, 0.2) is 4.99 Å². The molecular weight excluding hydrogens is 401 g/mol. The molecule has 2 N–H and O–H groups in total. The molecule has 0 spiro atoms. The average Bonchev–Trinajstić information content (AvgIpc) is 3.04. The van der Waals surface area contributed by atoms with Gasteiger partial charge in [-0.2, -0.15) is 0 Å². The molecule has 0 heterocycles. The number of nitrogens with zero attached hydrogens (tertiary/aromatic N) is 1. The van der Waals surface area contributed by atoms with Gasteiger partial charge in [0.1, 0.15) is 9.84 Å². The van der Waals surface area contributed by atoms with E-state index in [2.05, 4.69) is 22.5 Å². The number of nitrogens with one attached hydrogen (secondary N) is 2. The number of halogens is 1. The van der Waals surface area contributed by atoms with E-state index in [1.165, 1.54) is 25.5 Å². The van der Waals surface area contributed by atoms with Gasteiger partial charge < -0.3 is 10.6 Å². The fraction of sp³-hybridized carbons (Fsp3) is 0.929. The fourth-order valence-electron chi connectivity index (χ4n) is 2.28. The topological polar surface area (TPSA) is 70.6 Å². The molecular formula is C14H30IN3O2S. The minimum Gasteiger partial charge on any atom is -0.354 e. The van der Waals surface area contributed by atoms with Crippen molar-refractivity contribution in [2.75, 3.05) is 18.6 Å². The van der Waals surface area contributed by atoms with Crippen molar-refractivity contribution in [2.24, 2.45) is 10.9 Å². The van der Waals surface area contributed by atoms with E-state index in [1.54, 1.807) is 0 Å². The Kier molecular flexibility index (Phi) is 9.84. The SMILES string of the molecule is CCCC1CC1NC(=NCC)NC(C)CCS(C)(=O)=O.I. The van der Waals surface area contributed by atoms with Crippen molar-refractivity contribution in [1.29, 1.82) is 0 Å². The summed E-state index contributed by atoms with van der Waals surface area (Å²) in [5, 5.41) is 6.74. The maximum atomic E-state index is 11.2. The fourth-order valence-corrected chi connectivity index (χ4v) is 3.06. The molecule has 1 saturated carbocycles. The molecule has 1 aliphatic carbocycles. The lowest BCUT2D eigenvalue weighted by molar-refractivity contribution is 0.578. The van der Waals surface area contributed by atoms with Crippen LogP contribution in [-0.4, -0.2) is 45.0 Å². The Labute approximate surface area is 146 Å². The maximum absolute atomic E-state index is 11.2. The minimum absolute atomic E-state index is 0. The maximum Gasteiger partial charge on any atom is 0.191 e. The van der Waals surface area contributed by atoms with E-state index >= 15 is 0 Å². The van der Waals surface area contributed by atoms with Crippen LogP contribution in [0.3, 0.4) is 0 Å². The molecule has 0 amide bonds. The molecule has 1 rings (SSSR count). The standard InChI is InChI=1S/C14H29N3O2S.HI/c1-5-7-12-10-13(12)17-14(15-6-2)16-11(3)8-9-20(4,18)19;/h11-13H,5-10H2,1-4H3,(H2,15,16,17);1H. The summed E-state index contributed by atoms with van der Waals surface area (Å²) in [4.78, 5) is 4.43. The van der Waals surface area contributed by atoms with Crippen molar-refractivity contribution in [1.82, 2.24) is 10.6 Å². The van der Waals surface area contributed by atoms with Gasteiger partial charge in [-0.05, 0) is 39.0 Å². The molecule has 7 heteroatoms. The number of sulfone groups is 1. The zero-order valence-corrected chi connectivity index (χ0v) is 16.7. The van der Waals surface area contributed by atoms with Gasteiger partial charge in [0, 0.05) is 24.9 Å². The van der Waals surface area contributed by atoms with E-state index in [0.717, 1.165) is 18.4 Å². The summed E-state index contributed by atoms with van der Waals surface area (Å²) < 4.78 is 22.4. The van der Waals surface area contributed by atoms with Crippen LogP contribution in [0.2, 0.25) is 0 Å². The summed E-state index contributed by atoms with van der Waals surface area (Å²) in [6, 6.07) is 0.640. The highest BCUT2D eigenvalue weighted by atomic mass is 127. The monoisotopic (exact) mass is 431 g/mol. The van der Waals surface area contributed by atoms with Gasteiger partial charge >= 0.3 is 0 Å². The highest BCUT2D eigenvalue weighted by Crippen LogP contribution is 2.34. The van der Waals surface area contributed by atoms with Crippen molar-refractivity contribution in [2.45, 2.75) is 58.5 Å². The first-order valence-corrected chi connectivity index (χ1v) is 9.67. The third-order valence-electron chi connectivity index (χ3n) is 3.53. The van der Waals surface area contributed by atoms with Gasteiger partial charge in [0.15, 0.2) is 5.96 Å². The quantitative estimate of drug-likeness (QED) is 0.351. The predicted molar refractivity (Wildman–Crippen MR) is 100 cm³/mol. The number of guanidine groups is 1. The van der Waals surface area contributed by atoms with Gasteiger partial charge in [-0.25, -0.2) is 8.42 Å². The predicted octanol–water partition coefficient (Wildman–Crippen LogP) is 2.17. The van der Waals surface area contributed by atoms with E-state index < -0.39 is 9.84 Å². The first-order valence-electron chi connectivity index (χ1n) is 7.61. The first-order chi connectivity index (χ1) is 9.35. The Bertz CT molecular complexity index is 426. The second-order valence-corrected chi connectivity index (χ2v) is 8.08. The van der Waals surface area contributed by atoms with E-state index in [9.17, 15) is 8.42 Å². The Morgan fingerprint density at radius 3 is 2.57 bits per heavy atom. The second-order valence-electron chi connectivity index (χ2n) is 5.82. The summed E-state index contributed by atoms with van der Waals surface area (Å²) in [5.74, 6) is 1.80. The third kappa shape index (κ3) is 9.55. The van der Waals surface area contributed by atoms with Crippen molar-refractivity contribution in [3.63, 3.8) is 0 Å². The van der Waals surface area contributed by atoms with Gasteiger partial charge in [0.25, 0.3) is 0 Å². The van der Waals surface area contributed by atoms with Crippen molar-refractivity contribution >= 4 is 39.8 Å². The van der Waals surface area contributed by atoms with Gasteiger partial charge in [-0.15, -0.1) is 24.0 Å². The van der Waals surface area contributed by atoms with Crippen LogP contribution in [0, 0.1) is 5.92 Å². The largest absolute Gasteiger partial charge is 0.354 e. The zero-order valence-electron chi connectivity index (χ0n) is 13.6. The van der Waals surface area contributed by atoms with Crippen LogP contribution in [0.5, 0.6) is 0 Å². The van der Waals surface area contributed by atoms with Crippen LogP contribution in [0.1, 0.15) is 46.5 Å². The lowest BCUT2D eigenvalue weighted by Gasteiger charge is -2.18. The minimum atomic E-state index is -2.89. The highest BCUT2D eigenvalue weighted by Gasteiger charge is 2.36. The lowest BCUT2D eigenvalue weighted by atomic mass is 10.2. The van der Waals surface area contributed by atoms with Crippen LogP contribution in [-0.2, 0) is 9.84 Å². The Morgan fingerprint density at radius 1 is 1.38 bits per heavy atom. The molecule has 21 heavy (non-hydrogen) atoms. The second kappa shape index (κ2) is 9.86. The van der Waals surface area contributed by atoms with E-state index in [4.69, 9.17) is 0 Å². The average molecular weight is 431 g/mol. The molecule has 0 saturated heterocycles. The summed E-state index contributed by atoms with van der Waals surface area (Å²) in [6.07, 6.45) is 5.59. The molecule has 0 aromatic carbocycles. The first kappa shape index (κ1) is 20.9. The molecule has 126 valence electrons. The number of aliphatic imine (C=N–C) groups is 1. The molecule has 1 aliphatic rings. The van der Waals surface area contributed by atoms with Crippen LogP contribution in [0.4, 0.5) is 0 Å². The molecule has 5 nitrogen and oxygen atoms in total. The number of hydrogen-bond donors (Lipinski definition) is 2. The molecule has 0 radical (unpaired) electrons. The number of rotatable bonds is 8. The smallest absolute Gasteiger partial charge is 0.191 e. The normalized spacial score (nSPS) is 23.1. The van der Waals surface area contributed by atoms with Crippen molar-refractivity contribution < 1.29 is 8.42 Å². The molecule has 0 aliphatic heterocycles. The summed E-state index contributed by atoms with van der Waals surface area (Å²) >= 11 is 0. The van der Waals surface area contributed by atoms with Gasteiger partial charge in [-0.3, -0.25) is 4.99 Å². The molecule has 0 aromatic rings. The summed E-state index contributed by atoms with van der Waals surface area (Å²) in [7, 11) is -2.89. The van der Waals surface area contributed by atoms with Crippen LogP contribution >= 0.6 is 24.0 Å².